The summed E-state index contributed by atoms with van der Waals surface area (Å²) < 4.78 is 12.0. The van der Waals surface area contributed by atoms with E-state index in [-0.39, 0.29) is 29.8 Å². The van der Waals surface area contributed by atoms with E-state index in [1.165, 1.54) is 0 Å². The topological polar surface area (TPSA) is 105 Å². The molecule has 0 radical (unpaired) electrons. The second-order valence-electron chi connectivity index (χ2n) is 14.1. The number of aromatic nitrogens is 2. The van der Waals surface area contributed by atoms with Crippen molar-refractivity contribution in [3.63, 3.8) is 0 Å². The smallest absolute Gasteiger partial charge is 0.303 e. The van der Waals surface area contributed by atoms with E-state index in [0.29, 0.717) is 41.4 Å². The molecule has 3 heterocycles. The van der Waals surface area contributed by atoms with Crippen LogP contribution in [0.5, 0.6) is 11.6 Å². The van der Waals surface area contributed by atoms with E-state index >= 15 is 0 Å². The second kappa shape index (κ2) is 14.1. The first-order valence-electron chi connectivity index (χ1n) is 16.4. The Hall–Kier alpha value is -4.14. The number of hydrogen-bond acceptors (Lipinski definition) is 7. The fraction of sp³-hybridized carbons (Fsp3) is 0.514. The molecule has 246 valence electrons. The molecule has 1 N–H and O–H groups in total. The third-order valence-corrected chi connectivity index (χ3v) is 9.09. The molecule has 1 amide bonds. The second-order valence-corrected chi connectivity index (χ2v) is 14.1. The number of piperidine rings is 1. The van der Waals surface area contributed by atoms with Gasteiger partial charge in [0.15, 0.2) is 0 Å². The van der Waals surface area contributed by atoms with Crippen LogP contribution >= 0.6 is 0 Å². The zero-order chi connectivity index (χ0) is 33.0. The molecule has 2 atom stereocenters. The minimum absolute atomic E-state index is 0.00202. The highest BCUT2D eigenvalue weighted by atomic mass is 16.5. The highest BCUT2D eigenvalue weighted by molar-refractivity contribution is 6.09. The predicted molar refractivity (Wildman–Crippen MR) is 180 cm³/mol. The number of anilines is 2. The Balaban J connectivity index is 1.30. The monoisotopic (exact) mass is 628 g/mol. The van der Waals surface area contributed by atoms with Crippen molar-refractivity contribution in [2.75, 3.05) is 36.5 Å². The van der Waals surface area contributed by atoms with Crippen molar-refractivity contribution in [2.45, 2.75) is 78.7 Å². The fourth-order valence-corrected chi connectivity index (χ4v) is 6.50. The molecule has 5 rings (SSSR count). The number of benzene rings is 1. The Morgan fingerprint density at radius 2 is 1.78 bits per heavy atom. The molecule has 9 heteroatoms. The van der Waals surface area contributed by atoms with Crippen molar-refractivity contribution < 1.29 is 24.2 Å². The first-order chi connectivity index (χ1) is 21.9. The van der Waals surface area contributed by atoms with E-state index in [1.54, 1.807) is 18.2 Å². The number of aliphatic carboxylic acids is 1. The molecule has 0 bridgehead atoms. The van der Waals surface area contributed by atoms with Crippen molar-refractivity contribution in [3.8, 4) is 11.6 Å². The molecule has 1 aromatic carbocycles. The van der Waals surface area contributed by atoms with Crippen LogP contribution in [0.1, 0.15) is 87.3 Å². The molecule has 2 aliphatic rings. The number of ether oxygens (including phenoxy) is 2. The van der Waals surface area contributed by atoms with Crippen molar-refractivity contribution in [3.05, 3.63) is 71.5 Å². The SMILES string of the molecule is COc1ccc(C(=O)N(CC(C)(C)C)c2cccc(C)n2)c(N2CCC(C(C)Oc3cc(C(CC(=O)O)C4CC4)ccn3)CC2)c1. The number of carbonyl (C=O) groups is 2. The van der Waals surface area contributed by atoms with Gasteiger partial charge < -0.3 is 19.5 Å². The van der Waals surface area contributed by atoms with Gasteiger partial charge in [-0.25, -0.2) is 9.97 Å². The van der Waals surface area contributed by atoms with Gasteiger partial charge in [0.25, 0.3) is 5.91 Å². The summed E-state index contributed by atoms with van der Waals surface area (Å²) in [4.78, 5) is 39.0. The fourth-order valence-electron chi connectivity index (χ4n) is 6.50. The van der Waals surface area contributed by atoms with Gasteiger partial charge in [-0.2, -0.15) is 0 Å². The van der Waals surface area contributed by atoms with Crippen LogP contribution in [-0.4, -0.2) is 59.8 Å². The minimum atomic E-state index is -0.772. The molecule has 1 aliphatic carbocycles. The molecule has 0 spiro atoms. The summed E-state index contributed by atoms with van der Waals surface area (Å²) in [5.74, 6) is 1.78. The van der Waals surface area contributed by atoms with E-state index in [1.807, 2.05) is 55.5 Å². The lowest BCUT2D eigenvalue weighted by atomic mass is 9.91. The zero-order valence-corrected chi connectivity index (χ0v) is 28.0. The summed E-state index contributed by atoms with van der Waals surface area (Å²) in [6, 6.07) is 15.3. The lowest BCUT2D eigenvalue weighted by Gasteiger charge is -2.37. The Morgan fingerprint density at radius 1 is 1.04 bits per heavy atom. The number of rotatable bonds is 12. The molecule has 3 aromatic rings. The zero-order valence-electron chi connectivity index (χ0n) is 28.0. The molecule has 2 unspecified atom stereocenters. The van der Waals surface area contributed by atoms with Gasteiger partial charge in [-0.3, -0.25) is 14.5 Å². The van der Waals surface area contributed by atoms with Crippen LogP contribution in [0.2, 0.25) is 0 Å². The maximum atomic E-state index is 14.3. The van der Waals surface area contributed by atoms with Crippen LogP contribution in [0.3, 0.4) is 0 Å². The maximum absolute atomic E-state index is 14.3. The average Bonchev–Trinajstić information content (AvgIpc) is 3.87. The van der Waals surface area contributed by atoms with Crippen LogP contribution in [0.25, 0.3) is 0 Å². The average molecular weight is 629 g/mol. The largest absolute Gasteiger partial charge is 0.497 e. The number of hydrogen-bond donors (Lipinski definition) is 1. The Labute approximate surface area is 273 Å². The maximum Gasteiger partial charge on any atom is 0.303 e. The van der Waals surface area contributed by atoms with Crippen LogP contribution in [-0.2, 0) is 4.79 Å². The lowest BCUT2D eigenvalue weighted by Crippen LogP contribution is -2.41. The third kappa shape index (κ3) is 8.36. The summed E-state index contributed by atoms with van der Waals surface area (Å²) in [6.45, 7) is 12.5. The van der Waals surface area contributed by atoms with Crippen LogP contribution < -0.4 is 19.3 Å². The molecule has 2 fully saturated rings. The summed E-state index contributed by atoms with van der Waals surface area (Å²) in [5.41, 5.74) is 3.22. The summed E-state index contributed by atoms with van der Waals surface area (Å²) >= 11 is 0. The lowest BCUT2D eigenvalue weighted by molar-refractivity contribution is -0.137. The summed E-state index contributed by atoms with van der Waals surface area (Å²) in [6.07, 6.45) is 5.72. The minimum Gasteiger partial charge on any atom is -0.497 e. The van der Waals surface area contributed by atoms with Crippen LogP contribution in [0.15, 0.2) is 54.7 Å². The molecule has 1 saturated heterocycles. The van der Waals surface area contributed by atoms with Gasteiger partial charge in [-0.05, 0) is 98.6 Å². The van der Waals surface area contributed by atoms with Gasteiger partial charge >= 0.3 is 5.97 Å². The molecule has 1 aliphatic heterocycles. The molecular formula is C37H48N4O5. The first kappa shape index (κ1) is 33.2. The Morgan fingerprint density at radius 3 is 2.41 bits per heavy atom. The van der Waals surface area contributed by atoms with E-state index in [4.69, 9.17) is 14.5 Å². The Bertz CT molecular complexity index is 1520. The van der Waals surface area contributed by atoms with E-state index in [9.17, 15) is 14.7 Å². The van der Waals surface area contributed by atoms with Gasteiger partial charge in [-0.1, -0.05) is 26.8 Å². The normalized spacial score (nSPS) is 16.9. The van der Waals surface area contributed by atoms with Crippen molar-refractivity contribution in [2.24, 2.45) is 17.3 Å². The number of carboxylic acid groups (broad SMARTS) is 1. The number of carbonyl (C=O) groups excluding carboxylic acids is 1. The number of nitrogens with zero attached hydrogens (tertiary/aromatic N) is 4. The molecule has 46 heavy (non-hydrogen) atoms. The van der Waals surface area contributed by atoms with Crippen molar-refractivity contribution in [1.29, 1.82) is 0 Å². The van der Waals surface area contributed by atoms with Crippen molar-refractivity contribution >= 4 is 23.4 Å². The van der Waals surface area contributed by atoms with Gasteiger partial charge in [-0.15, -0.1) is 0 Å². The predicted octanol–water partition coefficient (Wildman–Crippen LogP) is 7.14. The van der Waals surface area contributed by atoms with E-state index in [0.717, 1.165) is 55.7 Å². The number of carboxylic acids is 1. The van der Waals surface area contributed by atoms with Gasteiger partial charge in [0.05, 0.1) is 24.8 Å². The van der Waals surface area contributed by atoms with Gasteiger partial charge in [0, 0.05) is 43.7 Å². The van der Waals surface area contributed by atoms with Crippen LogP contribution in [0, 0.1) is 24.2 Å². The molecule has 9 nitrogen and oxygen atoms in total. The van der Waals surface area contributed by atoms with Gasteiger partial charge in [0.2, 0.25) is 5.88 Å². The number of methoxy groups -OCH3 is 1. The first-order valence-corrected chi connectivity index (χ1v) is 16.4. The van der Waals surface area contributed by atoms with Crippen LogP contribution in [0.4, 0.5) is 11.5 Å². The van der Waals surface area contributed by atoms with E-state index < -0.39 is 5.97 Å². The standard InChI is InChI=1S/C37H48N4O5/c1-24-8-7-9-33(39-24)41(23-37(3,4)5)36(44)30-13-12-29(45-6)21-32(30)40-18-15-26(16-19-40)25(2)46-34-20-28(14-17-38-34)31(22-35(42)43)27-10-11-27/h7-9,12-14,17,20-21,25-27,31H,10-11,15-16,18-19,22-23H2,1-6H3,(H,42,43). The Kier molecular flexibility index (Phi) is 10.2. The number of pyridine rings is 2. The van der Waals surface area contributed by atoms with E-state index in [2.05, 4.69) is 37.6 Å². The summed E-state index contributed by atoms with van der Waals surface area (Å²) in [7, 11) is 1.64. The molecular weight excluding hydrogens is 580 g/mol. The highest BCUT2D eigenvalue weighted by Gasteiger charge is 2.35. The third-order valence-electron chi connectivity index (χ3n) is 9.09. The number of amides is 1. The molecule has 2 aromatic heterocycles. The highest BCUT2D eigenvalue weighted by Crippen LogP contribution is 2.45. The van der Waals surface area contributed by atoms with Gasteiger partial charge in [0.1, 0.15) is 17.7 Å². The number of aryl methyl sites for hydroxylation is 1. The molecule has 1 saturated carbocycles. The summed E-state index contributed by atoms with van der Waals surface area (Å²) in [5, 5.41) is 9.44. The van der Waals surface area contributed by atoms with Crippen molar-refractivity contribution in [1.82, 2.24) is 9.97 Å². The quantitative estimate of drug-likeness (QED) is 0.226.